The van der Waals surface area contributed by atoms with Crippen molar-refractivity contribution in [3.63, 3.8) is 0 Å². The number of esters is 1. The normalized spacial score (nSPS) is 16.0. The fraction of sp³-hybridized carbons (Fsp3) is 0.232. The van der Waals surface area contributed by atoms with E-state index in [1.807, 2.05) is 176 Å². The van der Waals surface area contributed by atoms with Gasteiger partial charge in [-0.3, -0.25) is 4.79 Å². The summed E-state index contributed by atoms with van der Waals surface area (Å²) in [6.07, 6.45) is 22.7. The largest absolute Gasteiger partial charge is 0.497 e. The highest BCUT2D eigenvalue weighted by Crippen LogP contribution is 2.46. The number of aryl methyl sites for hydroxylation is 4. The fourth-order valence-electron chi connectivity index (χ4n) is 14.2. The lowest BCUT2D eigenvalue weighted by atomic mass is 9.94. The summed E-state index contributed by atoms with van der Waals surface area (Å²) in [5, 5.41) is 37.8. The van der Waals surface area contributed by atoms with Gasteiger partial charge in [0.25, 0.3) is 0 Å². The SMILES string of the molecule is C.COc1ccc(-c2c(C)c3ccccn3c2/C=C/c2ccc(/C=C/C3=C(C#N)C(=C(/C)C#N)/OC3(C)C)o2)cc1.[C-]#[N+]C1=C(/C=C/c2c(-c3ccc(CCC(=O)OCC)cc3)c(C)c3ccccn23)C(C)(C)O/C1=C(\C)C#N.[C-]#[N+]C1=C(/C=C/c2c(-c3ccc(OC)cc3)c(C)c3ccccn23)C(C)(C)O/C1=C(\C)C#N. The van der Waals surface area contributed by atoms with Crippen LogP contribution in [-0.4, -0.2) is 56.8 Å². The number of allylic oxidation sites excluding steroid dienone is 4. The number of carbonyl (C=O) groups is 1. The molecule has 0 spiro atoms. The highest BCUT2D eigenvalue weighted by atomic mass is 16.5. The molecule has 3 aromatic carbocycles. The summed E-state index contributed by atoms with van der Waals surface area (Å²) in [5.74, 6) is 3.82. The molecule has 17 heteroatoms. The van der Waals surface area contributed by atoms with E-state index in [1.54, 1.807) is 35.0 Å². The molecule has 112 heavy (non-hydrogen) atoms. The summed E-state index contributed by atoms with van der Waals surface area (Å²) in [4.78, 5) is 19.2. The molecule has 0 N–H and O–H groups in total. The van der Waals surface area contributed by atoms with E-state index < -0.39 is 16.8 Å². The molecule has 562 valence electrons. The Hall–Kier alpha value is -14.0. The van der Waals surface area contributed by atoms with Gasteiger partial charge in [-0.1, -0.05) is 86.3 Å². The Bertz CT molecular complexity index is 5950. The summed E-state index contributed by atoms with van der Waals surface area (Å²) in [5.41, 5.74) is 19.9. The number of methoxy groups -OCH3 is 2. The molecule has 0 atom stereocenters. The zero-order valence-electron chi connectivity index (χ0n) is 65.0. The van der Waals surface area contributed by atoms with Gasteiger partial charge in [0.15, 0.2) is 5.76 Å². The third kappa shape index (κ3) is 16.2. The van der Waals surface area contributed by atoms with E-state index in [9.17, 15) is 25.8 Å². The van der Waals surface area contributed by atoms with Crippen molar-refractivity contribution < 1.29 is 37.6 Å². The first-order valence-corrected chi connectivity index (χ1v) is 36.3. The van der Waals surface area contributed by atoms with Gasteiger partial charge in [0.1, 0.15) is 63.0 Å². The first kappa shape index (κ1) is 80.6. The van der Waals surface area contributed by atoms with Crippen molar-refractivity contribution in [1.29, 1.82) is 21.0 Å². The van der Waals surface area contributed by atoms with Crippen molar-refractivity contribution in [3.8, 4) is 69.2 Å². The minimum Gasteiger partial charge on any atom is -0.497 e. The third-order valence-corrected chi connectivity index (χ3v) is 19.9. The summed E-state index contributed by atoms with van der Waals surface area (Å²) < 4.78 is 46.3. The number of ether oxygens (including phenoxy) is 6. The van der Waals surface area contributed by atoms with Crippen LogP contribution in [0.3, 0.4) is 0 Å². The van der Waals surface area contributed by atoms with E-state index in [0.717, 1.165) is 101 Å². The maximum absolute atomic E-state index is 11.8. The Kier molecular flexibility index (Phi) is 24.5. The molecule has 0 saturated carbocycles. The van der Waals surface area contributed by atoms with E-state index in [1.165, 1.54) is 11.1 Å². The quantitative estimate of drug-likeness (QED) is 0.0475. The molecular weight excluding hydrogens is 1400 g/mol. The standard InChI is InChI=1S/C34H29N3O3.C32H31N3O3.C28H25N3O2.CH4/c1-22(20-35)33-28(21-36)29(34(3,4)40-33)17-15-26-13-14-27(39-26)16-18-31-32(24-9-11-25(38-5)12-10-24)23(2)30-8-6-7-19-37(30)31;1-7-37-28(36)18-13-23-11-14-24(15-12-23)29-22(3)26-10-8-9-19-35(26)27(29)17-16-25-30(34-6)31(21(2)20-33)38-32(25,4)5;1-18(17-29)27-26(30-5)22(28(3,4)33-27)14-15-24-25(20-10-12-21(32-6)13-11-20)19(2)23-9-7-8-16-31(23)24;/h6-19H,1-5H3;8-12,14-17,19H,7,13,18H2,1-5H3;7-16H,1-4,6H3;1H4/b17-15+,18-16+,33-22+;17-16+,31-21+;15-14+,27-18+;. The molecule has 0 radical (unpaired) electrons. The molecule has 3 aliphatic rings. The van der Waals surface area contributed by atoms with Crippen LogP contribution >= 0.6 is 0 Å². The Morgan fingerprint density at radius 2 is 0.830 bits per heavy atom. The fourth-order valence-corrected chi connectivity index (χ4v) is 14.2. The third-order valence-electron chi connectivity index (χ3n) is 19.9. The maximum atomic E-state index is 11.8. The Labute approximate surface area is 656 Å². The predicted molar refractivity (Wildman–Crippen MR) is 443 cm³/mol. The summed E-state index contributed by atoms with van der Waals surface area (Å²) in [7, 11) is 3.33. The summed E-state index contributed by atoms with van der Waals surface area (Å²) >= 11 is 0. The van der Waals surface area contributed by atoms with Gasteiger partial charge >= 0.3 is 5.97 Å². The Morgan fingerprint density at radius 3 is 1.20 bits per heavy atom. The van der Waals surface area contributed by atoms with Crippen LogP contribution in [0.4, 0.5) is 0 Å². The van der Waals surface area contributed by atoms with Crippen LogP contribution in [0.1, 0.15) is 134 Å². The van der Waals surface area contributed by atoms with Crippen molar-refractivity contribution in [2.24, 2.45) is 0 Å². The van der Waals surface area contributed by atoms with Gasteiger partial charge in [-0.05, 0) is 245 Å². The number of nitrogens with zero attached hydrogens (tertiary/aromatic N) is 9. The van der Waals surface area contributed by atoms with Crippen molar-refractivity contribution >= 4 is 52.9 Å². The monoisotopic (exact) mass is 1480 g/mol. The summed E-state index contributed by atoms with van der Waals surface area (Å²) in [6.45, 7) is 40.5. The minimum absolute atomic E-state index is 0. The van der Waals surface area contributed by atoms with Gasteiger partial charge in [-0.15, -0.1) is 0 Å². The van der Waals surface area contributed by atoms with Crippen molar-refractivity contribution in [2.75, 3.05) is 20.8 Å². The van der Waals surface area contributed by atoms with Crippen LogP contribution in [0.5, 0.6) is 11.5 Å². The highest BCUT2D eigenvalue weighted by Gasteiger charge is 2.41. The van der Waals surface area contributed by atoms with E-state index in [0.29, 0.717) is 87.5 Å². The lowest BCUT2D eigenvalue weighted by Gasteiger charge is -2.22. The second-order valence-corrected chi connectivity index (χ2v) is 28.2. The molecule has 17 nitrogen and oxygen atoms in total. The minimum atomic E-state index is -0.743. The number of hydrogen-bond acceptors (Lipinski definition) is 12. The zero-order chi connectivity index (χ0) is 79.6. The Balaban J connectivity index is 0.000000178. The molecule has 3 aliphatic heterocycles. The number of carbonyl (C=O) groups excluding carboxylic acids is 1. The van der Waals surface area contributed by atoms with Crippen LogP contribution < -0.4 is 9.47 Å². The van der Waals surface area contributed by atoms with Gasteiger partial charge in [-0.2, -0.15) is 21.0 Å². The molecule has 13 rings (SSSR count). The number of fused-ring (bicyclic) bond motifs is 3. The first-order chi connectivity index (χ1) is 53.3. The van der Waals surface area contributed by atoms with Gasteiger partial charge in [-0.25, -0.2) is 9.69 Å². The van der Waals surface area contributed by atoms with Crippen molar-refractivity contribution in [3.05, 3.63) is 318 Å². The lowest BCUT2D eigenvalue weighted by Crippen LogP contribution is -2.20. The molecule has 0 fully saturated rings. The van der Waals surface area contributed by atoms with E-state index in [4.69, 9.17) is 46.0 Å². The second-order valence-electron chi connectivity index (χ2n) is 28.2. The topological polar surface area (TPSA) is 203 Å². The lowest BCUT2D eigenvalue weighted by molar-refractivity contribution is -0.143. The van der Waals surface area contributed by atoms with Crippen molar-refractivity contribution in [2.45, 2.75) is 127 Å². The molecule has 10 heterocycles. The van der Waals surface area contributed by atoms with Crippen LogP contribution in [0, 0.1) is 79.2 Å². The van der Waals surface area contributed by atoms with E-state index in [2.05, 4.69) is 147 Å². The number of aromatic nitrogens is 3. The predicted octanol–water partition coefficient (Wildman–Crippen LogP) is 22.7. The van der Waals surface area contributed by atoms with E-state index in [-0.39, 0.29) is 13.4 Å². The zero-order valence-corrected chi connectivity index (χ0v) is 65.0. The van der Waals surface area contributed by atoms with Gasteiger partial charge in [0, 0.05) is 75.0 Å². The second kappa shape index (κ2) is 34.1. The number of furan rings is 1. The molecule has 0 unspecified atom stereocenters. The van der Waals surface area contributed by atoms with Crippen LogP contribution in [-0.2, 0) is 30.2 Å². The summed E-state index contributed by atoms with van der Waals surface area (Å²) in [6, 6.07) is 55.1. The smallest absolute Gasteiger partial charge is 0.306 e. The number of nitriles is 4. The number of hydrogen-bond donors (Lipinski definition) is 0. The van der Waals surface area contributed by atoms with Crippen LogP contribution in [0.25, 0.3) is 90.0 Å². The van der Waals surface area contributed by atoms with Crippen molar-refractivity contribution in [1.82, 2.24) is 13.2 Å². The van der Waals surface area contributed by atoms with Crippen LogP contribution in [0.2, 0.25) is 0 Å². The molecule has 10 aromatic rings. The number of pyridine rings is 3. The molecule has 0 aliphatic carbocycles. The molecular formula is C95H89N9O8. The highest BCUT2D eigenvalue weighted by molar-refractivity contribution is 5.89. The molecule has 0 bridgehead atoms. The molecule has 0 amide bonds. The number of rotatable bonds is 17. The average Bonchev–Trinajstić information content (AvgIpc) is 1.62. The average molecular weight is 1480 g/mol. The Morgan fingerprint density at radius 1 is 0.482 bits per heavy atom. The molecule has 7 aromatic heterocycles. The maximum Gasteiger partial charge on any atom is 0.306 e. The van der Waals surface area contributed by atoms with Gasteiger partial charge < -0.3 is 46.0 Å². The molecule has 0 saturated heterocycles. The van der Waals surface area contributed by atoms with E-state index >= 15 is 0 Å². The van der Waals surface area contributed by atoms with Crippen LogP contribution in [0.15, 0.2) is 248 Å². The number of benzene rings is 3. The van der Waals surface area contributed by atoms with Gasteiger partial charge in [0.2, 0.25) is 11.4 Å². The van der Waals surface area contributed by atoms with Gasteiger partial charge in [0.05, 0.1) is 86.0 Å². The first-order valence-electron chi connectivity index (χ1n) is 36.3.